The van der Waals surface area contributed by atoms with Crippen LogP contribution in [0.15, 0.2) is 36.5 Å². The maximum atomic E-state index is 12.0. The fraction of sp³-hybridized carbons (Fsp3) is 0.400. The van der Waals surface area contributed by atoms with Crippen molar-refractivity contribution in [2.24, 2.45) is 0 Å². The van der Waals surface area contributed by atoms with E-state index in [0.717, 1.165) is 11.4 Å². The lowest BCUT2D eigenvalue weighted by Crippen LogP contribution is -2.19. The van der Waals surface area contributed by atoms with Gasteiger partial charge in [0.05, 0.1) is 0 Å². The molecule has 2 aromatic rings. The molecule has 0 aliphatic rings. The van der Waals surface area contributed by atoms with Crippen LogP contribution in [0.2, 0.25) is 0 Å². The monoisotopic (exact) mass is 313 g/mol. The molecule has 4 nitrogen and oxygen atoms in total. The third kappa shape index (κ3) is 4.98. The number of aromatic nitrogens is 2. The zero-order chi connectivity index (χ0) is 16.2. The average molecular weight is 313 g/mol. The number of alkyl halides is 3. The number of benzene rings is 1. The number of hydrogen-bond donors (Lipinski definition) is 1. The van der Waals surface area contributed by atoms with Gasteiger partial charge in [0.15, 0.2) is 6.61 Å². The highest BCUT2D eigenvalue weighted by Crippen LogP contribution is 2.19. The summed E-state index contributed by atoms with van der Waals surface area (Å²) in [4.78, 5) is 0. The second-order valence-corrected chi connectivity index (χ2v) is 5.18. The highest BCUT2D eigenvalue weighted by Gasteiger charge is 2.28. The minimum Gasteiger partial charge on any atom is -0.484 e. The molecular weight excluding hydrogens is 295 g/mol. The van der Waals surface area contributed by atoms with Crippen molar-refractivity contribution in [3.05, 3.63) is 42.1 Å². The molecule has 120 valence electrons. The van der Waals surface area contributed by atoms with E-state index in [4.69, 9.17) is 0 Å². The lowest BCUT2D eigenvalue weighted by Gasteiger charge is -2.10. The molecule has 1 N–H and O–H groups in total. The Hall–Kier alpha value is -2.18. The smallest absolute Gasteiger partial charge is 0.422 e. The number of nitrogens with one attached hydrogen (secondary N) is 1. The predicted molar refractivity (Wildman–Crippen MR) is 77.9 cm³/mol. The maximum Gasteiger partial charge on any atom is 0.422 e. The summed E-state index contributed by atoms with van der Waals surface area (Å²) in [5.74, 6) is 0.955. The van der Waals surface area contributed by atoms with Gasteiger partial charge in [0.25, 0.3) is 0 Å². The van der Waals surface area contributed by atoms with Crippen LogP contribution in [-0.2, 0) is 6.54 Å². The molecule has 0 fully saturated rings. The molecule has 1 aromatic carbocycles. The molecule has 0 amide bonds. The normalized spacial score (nSPS) is 11.7. The molecule has 1 aromatic heterocycles. The minimum absolute atomic E-state index is 0.199. The fourth-order valence-electron chi connectivity index (χ4n) is 1.78. The molecule has 0 aliphatic carbocycles. The van der Waals surface area contributed by atoms with Gasteiger partial charge < -0.3 is 10.1 Å². The number of rotatable bonds is 6. The van der Waals surface area contributed by atoms with Crippen LogP contribution in [0.4, 0.5) is 19.0 Å². The second-order valence-electron chi connectivity index (χ2n) is 5.18. The van der Waals surface area contributed by atoms with Crippen molar-refractivity contribution in [2.45, 2.75) is 32.6 Å². The summed E-state index contributed by atoms with van der Waals surface area (Å²) in [5.41, 5.74) is 0.929. The lowest BCUT2D eigenvalue weighted by molar-refractivity contribution is -0.153. The number of nitrogens with zero attached hydrogens (tertiary/aromatic N) is 2. The molecule has 0 saturated heterocycles. The van der Waals surface area contributed by atoms with Gasteiger partial charge in [0.2, 0.25) is 0 Å². The molecule has 0 atom stereocenters. The molecule has 7 heteroatoms. The van der Waals surface area contributed by atoms with Gasteiger partial charge in [-0.1, -0.05) is 12.1 Å². The third-order valence-corrected chi connectivity index (χ3v) is 2.94. The Bertz CT molecular complexity index is 591. The van der Waals surface area contributed by atoms with Crippen LogP contribution in [0.25, 0.3) is 0 Å². The van der Waals surface area contributed by atoms with Crippen LogP contribution in [0, 0.1) is 0 Å². The molecule has 0 spiro atoms. The van der Waals surface area contributed by atoms with E-state index in [1.54, 1.807) is 12.1 Å². The van der Waals surface area contributed by atoms with E-state index >= 15 is 0 Å². The Morgan fingerprint density at radius 1 is 1.18 bits per heavy atom. The van der Waals surface area contributed by atoms with Crippen LogP contribution in [0.3, 0.4) is 0 Å². The van der Waals surface area contributed by atoms with Gasteiger partial charge in [-0.05, 0) is 31.5 Å². The molecule has 1 heterocycles. The Kier molecular flexibility index (Phi) is 4.95. The summed E-state index contributed by atoms with van der Waals surface area (Å²) in [6.07, 6.45) is -2.43. The van der Waals surface area contributed by atoms with E-state index in [1.165, 1.54) is 12.1 Å². The first-order valence-electron chi connectivity index (χ1n) is 6.91. The first-order valence-corrected chi connectivity index (χ1v) is 6.91. The zero-order valence-electron chi connectivity index (χ0n) is 12.4. The van der Waals surface area contributed by atoms with Crippen molar-refractivity contribution >= 4 is 5.82 Å². The summed E-state index contributed by atoms with van der Waals surface area (Å²) in [6.45, 7) is 3.33. The van der Waals surface area contributed by atoms with Crippen LogP contribution in [-0.4, -0.2) is 22.6 Å². The van der Waals surface area contributed by atoms with Crippen molar-refractivity contribution in [1.82, 2.24) is 9.78 Å². The van der Waals surface area contributed by atoms with Gasteiger partial charge in [0, 0.05) is 24.8 Å². The van der Waals surface area contributed by atoms with Crippen molar-refractivity contribution in [2.75, 3.05) is 11.9 Å². The van der Waals surface area contributed by atoms with Gasteiger partial charge in [-0.25, -0.2) is 0 Å². The van der Waals surface area contributed by atoms with E-state index in [1.807, 2.05) is 30.8 Å². The average Bonchev–Trinajstić information content (AvgIpc) is 2.92. The number of ether oxygens (including phenoxy) is 1. The van der Waals surface area contributed by atoms with Gasteiger partial charge in [-0.3, -0.25) is 4.68 Å². The van der Waals surface area contributed by atoms with Crippen molar-refractivity contribution in [3.63, 3.8) is 0 Å². The molecular formula is C15H18F3N3O. The highest BCUT2D eigenvalue weighted by atomic mass is 19.4. The van der Waals surface area contributed by atoms with Crippen LogP contribution in [0.5, 0.6) is 5.75 Å². The number of hydrogen-bond acceptors (Lipinski definition) is 3. The van der Waals surface area contributed by atoms with Crippen molar-refractivity contribution in [3.8, 4) is 5.75 Å². The quantitative estimate of drug-likeness (QED) is 0.875. The third-order valence-electron chi connectivity index (χ3n) is 2.94. The van der Waals surface area contributed by atoms with Gasteiger partial charge in [-0.2, -0.15) is 18.3 Å². The summed E-state index contributed by atoms with van der Waals surface area (Å²) >= 11 is 0. The molecule has 0 saturated carbocycles. The Labute approximate surface area is 126 Å². The maximum absolute atomic E-state index is 12.0. The summed E-state index contributed by atoms with van der Waals surface area (Å²) in [5, 5.41) is 7.51. The van der Waals surface area contributed by atoms with E-state index < -0.39 is 12.8 Å². The first-order chi connectivity index (χ1) is 10.3. The van der Waals surface area contributed by atoms with E-state index in [9.17, 15) is 13.2 Å². The Balaban J connectivity index is 1.85. The van der Waals surface area contributed by atoms with Crippen molar-refractivity contribution in [1.29, 1.82) is 0 Å². The van der Waals surface area contributed by atoms with Gasteiger partial charge in [0.1, 0.15) is 11.6 Å². The fourth-order valence-corrected chi connectivity index (χ4v) is 1.78. The number of halogens is 3. The van der Waals surface area contributed by atoms with E-state index in [2.05, 4.69) is 15.2 Å². The SMILES string of the molecule is CC(C)n1ccc(NCc2ccc(OCC(F)(F)F)cc2)n1. The van der Waals surface area contributed by atoms with Gasteiger partial charge in [-0.15, -0.1) is 0 Å². The Morgan fingerprint density at radius 2 is 1.86 bits per heavy atom. The minimum atomic E-state index is -4.32. The van der Waals surface area contributed by atoms with Crippen LogP contribution in [0.1, 0.15) is 25.5 Å². The predicted octanol–water partition coefficient (Wildman–Crippen LogP) is 4.02. The zero-order valence-corrected chi connectivity index (χ0v) is 12.4. The molecule has 0 aliphatic heterocycles. The topological polar surface area (TPSA) is 39.1 Å². The second kappa shape index (κ2) is 6.72. The van der Waals surface area contributed by atoms with E-state index in [0.29, 0.717) is 12.6 Å². The largest absolute Gasteiger partial charge is 0.484 e. The van der Waals surface area contributed by atoms with Crippen LogP contribution >= 0.6 is 0 Å². The molecule has 0 radical (unpaired) electrons. The molecule has 22 heavy (non-hydrogen) atoms. The lowest BCUT2D eigenvalue weighted by atomic mass is 10.2. The van der Waals surface area contributed by atoms with Crippen LogP contribution < -0.4 is 10.1 Å². The standard InChI is InChI=1S/C15H18F3N3O/c1-11(2)21-8-7-14(20-21)19-9-12-3-5-13(6-4-12)22-10-15(16,17)18/h3-8,11H,9-10H2,1-2H3,(H,19,20). The first kappa shape index (κ1) is 16.2. The summed E-state index contributed by atoms with van der Waals surface area (Å²) < 4.78 is 42.6. The molecule has 2 rings (SSSR count). The molecule has 0 unspecified atom stereocenters. The van der Waals surface area contributed by atoms with Crippen molar-refractivity contribution < 1.29 is 17.9 Å². The Morgan fingerprint density at radius 3 is 2.41 bits per heavy atom. The summed E-state index contributed by atoms with van der Waals surface area (Å²) in [7, 11) is 0. The van der Waals surface area contributed by atoms with E-state index in [-0.39, 0.29) is 5.75 Å². The van der Waals surface area contributed by atoms with Gasteiger partial charge >= 0.3 is 6.18 Å². The highest BCUT2D eigenvalue weighted by molar-refractivity contribution is 5.35. The summed E-state index contributed by atoms with van der Waals surface area (Å²) in [6, 6.07) is 8.66. The molecule has 0 bridgehead atoms. The number of anilines is 1.